The minimum absolute atomic E-state index is 0.169. The number of amides is 1. The van der Waals surface area contributed by atoms with E-state index in [2.05, 4.69) is 63.1 Å². The summed E-state index contributed by atoms with van der Waals surface area (Å²) in [7, 11) is 0. The molecule has 2 fully saturated rings. The summed E-state index contributed by atoms with van der Waals surface area (Å²) in [6, 6.07) is 9.02. The Labute approximate surface area is 164 Å². The van der Waals surface area contributed by atoms with Crippen molar-refractivity contribution < 1.29 is 4.79 Å². The second kappa shape index (κ2) is 8.89. The first-order valence-electron chi connectivity index (χ1n) is 9.69. The van der Waals surface area contributed by atoms with Crippen LogP contribution in [-0.2, 0) is 10.2 Å². The van der Waals surface area contributed by atoms with Gasteiger partial charge in [0.2, 0.25) is 5.91 Å². The van der Waals surface area contributed by atoms with Crippen molar-refractivity contribution in [3.63, 3.8) is 0 Å². The van der Waals surface area contributed by atoms with Crippen molar-refractivity contribution in [1.29, 1.82) is 0 Å². The highest BCUT2D eigenvalue weighted by molar-refractivity contribution is 9.10. The third kappa shape index (κ3) is 5.73. The molecule has 0 saturated heterocycles. The Kier molecular flexibility index (Phi) is 6.57. The standard InChI is InChI=1S/C20H29BrN4O/c1-2-22-19(23-12-4-7-18(26)25-17-8-9-17)24-14-20(10-11-20)15-5-3-6-16(21)13-15/h3,5-6,13,17H,2,4,7-12,14H2,1H3,(H,25,26)(H2,22,23,24). The average Bonchev–Trinajstić information content (AvgIpc) is 3.52. The smallest absolute Gasteiger partial charge is 0.220 e. The number of nitrogens with zero attached hydrogens (tertiary/aromatic N) is 1. The molecule has 6 heteroatoms. The van der Waals surface area contributed by atoms with Crippen molar-refractivity contribution in [2.45, 2.75) is 56.9 Å². The van der Waals surface area contributed by atoms with Crippen molar-refractivity contribution in [1.82, 2.24) is 16.0 Å². The van der Waals surface area contributed by atoms with Crippen molar-refractivity contribution in [3.8, 4) is 0 Å². The van der Waals surface area contributed by atoms with Gasteiger partial charge in [0, 0.05) is 35.4 Å². The van der Waals surface area contributed by atoms with Gasteiger partial charge in [0.05, 0.1) is 6.54 Å². The quantitative estimate of drug-likeness (QED) is 0.326. The van der Waals surface area contributed by atoms with E-state index in [1.807, 2.05) is 0 Å². The van der Waals surface area contributed by atoms with Gasteiger partial charge in [-0.05, 0) is 56.7 Å². The van der Waals surface area contributed by atoms with Crippen molar-refractivity contribution >= 4 is 27.8 Å². The number of halogens is 1. The molecule has 0 atom stereocenters. The molecule has 0 heterocycles. The van der Waals surface area contributed by atoms with Gasteiger partial charge in [-0.2, -0.15) is 0 Å². The fraction of sp³-hybridized carbons (Fsp3) is 0.600. The van der Waals surface area contributed by atoms with Crippen LogP contribution in [0.25, 0.3) is 0 Å². The highest BCUT2D eigenvalue weighted by Crippen LogP contribution is 2.48. The van der Waals surface area contributed by atoms with Gasteiger partial charge in [0.15, 0.2) is 5.96 Å². The van der Waals surface area contributed by atoms with Crippen LogP contribution in [0.15, 0.2) is 33.7 Å². The molecule has 1 amide bonds. The van der Waals surface area contributed by atoms with E-state index in [0.29, 0.717) is 12.5 Å². The molecule has 1 aromatic rings. The molecule has 3 N–H and O–H groups in total. The number of hydrogen-bond donors (Lipinski definition) is 3. The molecule has 0 unspecified atom stereocenters. The molecule has 142 valence electrons. The van der Waals surface area contributed by atoms with Crippen LogP contribution in [0.3, 0.4) is 0 Å². The lowest BCUT2D eigenvalue weighted by Crippen LogP contribution is -2.38. The molecule has 0 aliphatic heterocycles. The van der Waals surface area contributed by atoms with Crippen LogP contribution in [0.4, 0.5) is 0 Å². The molecule has 2 aliphatic rings. The second-order valence-electron chi connectivity index (χ2n) is 7.36. The minimum atomic E-state index is 0.169. The topological polar surface area (TPSA) is 65.5 Å². The highest BCUT2D eigenvalue weighted by atomic mass is 79.9. The summed E-state index contributed by atoms with van der Waals surface area (Å²) >= 11 is 3.57. The number of guanidine groups is 1. The van der Waals surface area contributed by atoms with Crippen LogP contribution in [-0.4, -0.2) is 37.5 Å². The Bertz CT molecular complexity index is 653. The molecule has 5 nitrogen and oxygen atoms in total. The van der Waals surface area contributed by atoms with Gasteiger partial charge >= 0.3 is 0 Å². The molecular weight excluding hydrogens is 392 g/mol. The maximum atomic E-state index is 11.7. The number of rotatable bonds is 9. The zero-order valence-corrected chi connectivity index (χ0v) is 17.1. The van der Waals surface area contributed by atoms with Crippen LogP contribution in [0.1, 0.15) is 51.0 Å². The van der Waals surface area contributed by atoms with Gasteiger partial charge in [-0.1, -0.05) is 28.1 Å². The molecular formula is C20H29BrN4O. The van der Waals surface area contributed by atoms with Gasteiger partial charge in [-0.25, -0.2) is 0 Å². The highest BCUT2D eigenvalue weighted by Gasteiger charge is 2.44. The van der Waals surface area contributed by atoms with Crippen LogP contribution in [0, 0.1) is 0 Å². The molecule has 26 heavy (non-hydrogen) atoms. The summed E-state index contributed by atoms with van der Waals surface area (Å²) in [5.74, 6) is 1.01. The first kappa shape index (κ1) is 19.2. The lowest BCUT2D eigenvalue weighted by Gasteiger charge is -2.16. The molecule has 0 aromatic heterocycles. The van der Waals surface area contributed by atoms with E-state index in [1.165, 1.54) is 18.4 Å². The molecule has 3 rings (SSSR count). The predicted octanol–water partition coefficient (Wildman–Crippen LogP) is 3.09. The van der Waals surface area contributed by atoms with Gasteiger partial charge in [-0.3, -0.25) is 9.79 Å². The first-order valence-corrected chi connectivity index (χ1v) is 10.5. The Hall–Kier alpha value is -1.56. The molecule has 1 aromatic carbocycles. The summed E-state index contributed by atoms with van der Waals surface area (Å²) in [6.45, 7) is 4.45. The van der Waals surface area contributed by atoms with Gasteiger partial charge in [0.25, 0.3) is 0 Å². The first-order chi connectivity index (χ1) is 12.6. The summed E-state index contributed by atoms with van der Waals surface area (Å²) in [6.07, 6.45) is 6.05. The van der Waals surface area contributed by atoms with E-state index in [4.69, 9.17) is 4.99 Å². The third-order valence-electron chi connectivity index (χ3n) is 4.99. The number of carbonyl (C=O) groups excluding carboxylic acids is 1. The van der Waals surface area contributed by atoms with Crippen molar-refractivity contribution in [3.05, 3.63) is 34.3 Å². The van der Waals surface area contributed by atoms with E-state index in [0.717, 1.165) is 49.3 Å². The van der Waals surface area contributed by atoms with Gasteiger partial charge in [0.1, 0.15) is 0 Å². The maximum Gasteiger partial charge on any atom is 0.220 e. The second-order valence-corrected chi connectivity index (χ2v) is 8.27. The van der Waals surface area contributed by atoms with E-state index in [-0.39, 0.29) is 11.3 Å². The van der Waals surface area contributed by atoms with Crippen LogP contribution >= 0.6 is 15.9 Å². The summed E-state index contributed by atoms with van der Waals surface area (Å²) in [5.41, 5.74) is 1.55. The number of aliphatic imine (C=N–C) groups is 1. The van der Waals surface area contributed by atoms with Crippen LogP contribution in [0.2, 0.25) is 0 Å². The lowest BCUT2D eigenvalue weighted by molar-refractivity contribution is -0.121. The largest absolute Gasteiger partial charge is 0.357 e. The van der Waals surface area contributed by atoms with Crippen molar-refractivity contribution in [2.75, 3.05) is 19.6 Å². The summed E-state index contributed by atoms with van der Waals surface area (Å²) in [4.78, 5) is 16.5. The van der Waals surface area contributed by atoms with E-state index in [1.54, 1.807) is 0 Å². The Balaban J connectivity index is 1.46. The zero-order valence-electron chi connectivity index (χ0n) is 15.5. The maximum absolute atomic E-state index is 11.7. The zero-order chi connectivity index (χ0) is 18.4. The Morgan fingerprint density at radius 3 is 2.77 bits per heavy atom. The monoisotopic (exact) mass is 420 g/mol. The molecule has 0 bridgehead atoms. The van der Waals surface area contributed by atoms with Gasteiger partial charge < -0.3 is 16.0 Å². The van der Waals surface area contributed by atoms with Crippen LogP contribution in [0.5, 0.6) is 0 Å². The normalized spacial score (nSPS) is 18.3. The Morgan fingerprint density at radius 1 is 1.31 bits per heavy atom. The van der Waals surface area contributed by atoms with Crippen molar-refractivity contribution in [2.24, 2.45) is 4.99 Å². The lowest BCUT2D eigenvalue weighted by atomic mass is 9.96. The molecule has 2 aliphatic carbocycles. The fourth-order valence-electron chi connectivity index (χ4n) is 3.06. The minimum Gasteiger partial charge on any atom is -0.357 e. The number of hydrogen-bond acceptors (Lipinski definition) is 2. The number of nitrogens with one attached hydrogen (secondary N) is 3. The Morgan fingerprint density at radius 2 is 2.12 bits per heavy atom. The van der Waals surface area contributed by atoms with E-state index >= 15 is 0 Å². The average molecular weight is 421 g/mol. The van der Waals surface area contributed by atoms with Gasteiger partial charge in [-0.15, -0.1) is 0 Å². The van der Waals surface area contributed by atoms with Crippen LogP contribution < -0.4 is 16.0 Å². The predicted molar refractivity (Wildman–Crippen MR) is 109 cm³/mol. The molecule has 0 radical (unpaired) electrons. The SMILES string of the molecule is CCNC(=NCC1(c2cccc(Br)c2)CC1)NCCCC(=O)NC1CC1. The fourth-order valence-corrected chi connectivity index (χ4v) is 3.46. The third-order valence-corrected chi connectivity index (χ3v) is 5.48. The number of carbonyl (C=O) groups is 1. The summed E-state index contributed by atoms with van der Waals surface area (Å²) < 4.78 is 1.12. The van der Waals surface area contributed by atoms with E-state index in [9.17, 15) is 4.79 Å². The molecule has 2 saturated carbocycles. The number of benzene rings is 1. The molecule has 0 spiro atoms. The summed E-state index contributed by atoms with van der Waals surface area (Å²) in [5, 5.41) is 9.69. The van der Waals surface area contributed by atoms with E-state index < -0.39 is 0 Å².